The van der Waals surface area contributed by atoms with Gasteiger partial charge in [-0.05, 0) is 24.1 Å². The standard InChI is InChI=1S/C15H20N2O2/c1-18-11-14-7-15(19-2)10-17(14)9-13-5-3-12(8-16)4-6-13/h3-6,14-15H,7,9-11H2,1-2H3/t14-,15+/m0/s1. The van der Waals surface area contributed by atoms with Crippen LogP contribution in [-0.2, 0) is 16.0 Å². The summed E-state index contributed by atoms with van der Waals surface area (Å²) in [6.07, 6.45) is 1.30. The summed E-state index contributed by atoms with van der Waals surface area (Å²) in [7, 11) is 3.50. The molecule has 19 heavy (non-hydrogen) atoms. The fraction of sp³-hybridized carbons (Fsp3) is 0.533. The highest BCUT2D eigenvalue weighted by molar-refractivity contribution is 5.31. The van der Waals surface area contributed by atoms with E-state index in [2.05, 4.69) is 11.0 Å². The van der Waals surface area contributed by atoms with Crippen LogP contribution in [0.25, 0.3) is 0 Å². The Morgan fingerprint density at radius 3 is 2.63 bits per heavy atom. The van der Waals surface area contributed by atoms with Crippen molar-refractivity contribution in [3.05, 3.63) is 35.4 Å². The van der Waals surface area contributed by atoms with E-state index in [9.17, 15) is 0 Å². The molecule has 1 aliphatic heterocycles. The van der Waals surface area contributed by atoms with Gasteiger partial charge in [0, 0.05) is 33.4 Å². The van der Waals surface area contributed by atoms with Crippen molar-refractivity contribution in [1.82, 2.24) is 4.90 Å². The van der Waals surface area contributed by atoms with Gasteiger partial charge in [-0.15, -0.1) is 0 Å². The SMILES string of the molecule is COC[C@@H]1C[C@@H](OC)CN1Cc1ccc(C#N)cc1. The molecule has 0 N–H and O–H groups in total. The van der Waals surface area contributed by atoms with Gasteiger partial charge in [0.05, 0.1) is 24.3 Å². The molecule has 1 aromatic rings. The molecule has 1 heterocycles. The minimum atomic E-state index is 0.290. The maximum Gasteiger partial charge on any atom is 0.0991 e. The largest absolute Gasteiger partial charge is 0.383 e. The first kappa shape index (κ1) is 14.0. The third-order valence-electron chi connectivity index (χ3n) is 3.65. The number of nitriles is 1. The molecule has 1 aromatic carbocycles. The van der Waals surface area contributed by atoms with E-state index in [4.69, 9.17) is 14.7 Å². The second-order valence-electron chi connectivity index (χ2n) is 4.94. The molecule has 0 aliphatic carbocycles. The normalized spacial score (nSPS) is 23.4. The Kier molecular flexibility index (Phi) is 4.92. The molecule has 0 unspecified atom stereocenters. The minimum absolute atomic E-state index is 0.290. The lowest BCUT2D eigenvalue weighted by Gasteiger charge is -2.23. The fourth-order valence-electron chi connectivity index (χ4n) is 2.59. The zero-order valence-electron chi connectivity index (χ0n) is 11.5. The summed E-state index contributed by atoms with van der Waals surface area (Å²) in [5.74, 6) is 0. The molecule has 1 aliphatic rings. The molecular formula is C15H20N2O2. The van der Waals surface area contributed by atoms with Crippen molar-refractivity contribution in [3.8, 4) is 6.07 Å². The summed E-state index contributed by atoms with van der Waals surface area (Å²) in [5.41, 5.74) is 1.92. The summed E-state index contributed by atoms with van der Waals surface area (Å²) in [6, 6.07) is 10.3. The summed E-state index contributed by atoms with van der Waals surface area (Å²) in [4.78, 5) is 2.39. The number of hydrogen-bond acceptors (Lipinski definition) is 4. The van der Waals surface area contributed by atoms with Crippen molar-refractivity contribution in [3.63, 3.8) is 0 Å². The quantitative estimate of drug-likeness (QED) is 0.809. The van der Waals surface area contributed by atoms with Gasteiger partial charge in [0.25, 0.3) is 0 Å². The third-order valence-corrected chi connectivity index (χ3v) is 3.65. The zero-order valence-corrected chi connectivity index (χ0v) is 11.5. The number of rotatable bonds is 5. The molecule has 2 atom stereocenters. The molecule has 0 radical (unpaired) electrons. The average Bonchev–Trinajstić information content (AvgIpc) is 2.82. The molecule has 0 saturated carbocycles. The molecular weight excluding hydrogens is 240 g/mol. The van der Waals surface area contributed by atoms with Gasteiger partial charge < -0.3 is 9.47 Å². The average molecular weight is 260 g/mol. The van der Waals surface area contributed by atoms with Crippen molar-refractivity contribution in [2.75, 3.05) is 27.4 Å². The van der Waals surface area contributed by atoms with Gasteiger partial charge in [-0.3, -0.25) is 4.90 Å². The van der Waals surface area contributed by atoms with Gasteiger partial charge in [-0.25, -0.2) is 0 Å². The zero-order chi connectivity index (χ0) is 13.7. The van der Waals surface area contributed by atoms with Gasteiger partial charge >= 0.3 is 0 Å². The highest BCUT2D eigenvalue weighted by atomic mass is 16.5. The molecule has 4 nitrogen and oxygen atoms in total. The molecule has 2 rings (SSSR count). The summed E-state index contributed by atoms with van der Waals surface area (Å²) in [5, 5.41) is 8.80. The second-order valence-corrected chi connectivity index (χ2v) is 4.94. The van der Waals surface area contributed by atoms with Gasteiger partial charge in [0.15, 0.2) is 0 Å². The first-order valence-electron chi connectivity index (χ1n) is 6.51. The second kappa shape index (κ2) is 6.67. The summed E-state index contributed by atoms with van der Waals surface area (Å²) < 4.78 is 10.7. The van der Waals surface area contributed by atoms with Crippen molar-refractivity contribution in [2.24, 2.45) is 0 Å². The van der Waals surface area contributed by atoms with Gasteiger partial charge in [-0.1, -0.05) is 12.1 Å². The monoisotopic (exact) mass is 260 g/mol. The van der Waals surface area contributed by atoms with Crippen LogP contribution in [0.5, 0.6) is 0 Å². The first-order chi connectivity index (χ1) is 9.26. The van der Waals surface area contributed by atoms with Gasteiger partial charge in [0.1, 0.15) is 0 Å². The van der Waals surface area contributed by atoms with E-state index in [1.165, 1.54) is 5.56 Å². The Labute approximate surface area is 114 Å². The van der Waals surface area contributed by atoms with Crippen molar-refractivity contribution in [2.45, 2.75) is 25.1 Å². The third kappa shape index (κ3) is 3.54. The van der Waals surface area contributed by atoms with Crippen LogP contribution in [0.2, 0.25) is 0 Å². The lowest BCUT2D eigenvalue weighted by Crippen LogP contribution is -2.32. The van der Waals surface area contributed by atoms with E-state index in [0.717, 1.165) is 26.1 Å². The van der Waals surface area contributed by atoms with Crippen LogP contribution in [0, 0.1) is 11.3 Å². The highest BCUT2D eigenvalue weighted by Crippen LogP contribution is 2.22. The number of nitrogens with zero attached hydrogens (tertiary/aromatic N) is 2. The smallest absolute Gasteiger partial charge is 0.0991 e. The van der Waals surface area contributed by atoms with E-state index in [1.807, 2.05) is 24.3 Å². The predicted octanol–water partition coefficient (Wildman–Crippen LogP) is 1.79. The minimum Gasteiger partial charge on any atom is -0.383 e. The number of likely N-dealkylation sites (tertiary alicyclic amines) is 1. The fourth-order valence-corrected chi connectivity index (χ4v) is 2.59. The lowest BCUT2D eigenvalue weighted by molar-refractivity contribution is 0.106. The number of hydrogen-bond donors (Lipinski definition) is 0. The molecule has 0 amide bonds. The molecule has 0 spiro atoms. The molecule has 0 bridgehead atoms. The maximum absolute atomic E-state index is 8.80. The van der Waals surface area contributed by atoms with Crippen LogP contribution < -0.4 is 0 Å². The Balaban J connectivity index is 2.01. The summed E-state index contributed by atoms with van der Waals surface area (Å²) >= 11 is 0. The van der Waals surface area contributed by atoms with E-state index in [0.29, 0.717) is 17.7 Å². The van der Waals surface area contributed by atoms with Gasteiger partial charge in [-0.2, -0.15) is 5.26 Å². The molecule has 1 fully saturated rings. The Bertz CT molecular complexity index is 438. The van der Waals surface area contributed by atoms with Crippen LogP contribution in [0.15, 0.2) is 24.3 Å². The number of methoxy groups -OCH3 is 2. The molecule has 1 saturated heterocycles. The van der Waals surface area contributed by atoms with Crippen LogP contribution in [0.4, 0.5) is 0 Å². The predicted molar refractivity (Wildman–Crippen MR) is 72.6 cm³/mol. The number of benzene rings is 1. The summed E-state index contributed by atoms with van der Waals surface area (Å²) in [6.45, 7) is 2.54. The van der Waals surface area contributed by atoms with Crippen LogP contribution in [0.1, 0.15) is 17.5 Å². The first-order valence-corrected chi connectivity index (χ1v) is 6.51. The lowest BCUT2D eigenvalue weighted by atomic mass is 10.1. The van der Waals surface area contributed by atoms with Gasteiger partial charge in [0.2, 0.25) is 0 Å². The number of ether oxygens (including phenoxy) is 2. The van der Waals surface area contributed by atoms with E-state index >= 15 is 0 Å². The Morgan fingerprint density at radius 2 is 2.05 bits per heavy atom. The van der Waals surface area contributed by atoms with Crippen LogP contribution >= 0.6 is 0 Å². The molecule has 0 aromatic heterocycles. The van der Waals surface area contributed by atoms with E-state index < -0.39 is 0 Å². The van der Waals surface area contributed by atoms with Crippen molar-refractivity contribution in [1.29, 1.82) is 5.26 Å². The molecule has 4 heteroatoms. The van der Waals surface area contributed by atoms with Crippen molar-refractivity contribution < 1.29 is 9.47 Å². The van der Waals surface area contributed by atoms with E-state index in [1.54, 1.807) is 14.2 Å². The van der Waals surface area contributed by atoms with Crippen LogP contribution in [-0.4, -0.2) is 44.4 Å². The molecule has 102 valence electrons. The van der Waals surface area contributed by atoms with Crippen LogP contribution in [0.3, 0.4) is 0 Å². The maximum atomic E-state index is 8.80. The van der Waals surface area contributed by atoms with E-state index in [-0.39, 0.29) is 0 Å². The van der Waals surface area contributed by atoms with Crippen molar-refractivity contribution >= 4 is 0 Å². The highest BCUT2D eigenvalue weighted by Gasteiger charge is 2.31. The Hall–Kier alpha value is -1.41. The Morgan fingerprint density at radius 1 is 1.32 bits per heavy atom. The topological polar surface area (TPSA) is 45.5 Å².